The van der Waals surface area contributed by atoms with Gasteiger partial charge >= 0.3 is 0 Å². The molecule has 1 aromatic carbocycles. The molecule has 20 heavy (non-hydrogen) atoms. The molecule has 1 aromatic heterocycles. The van der Waals surface area contributed by atoms with Gasteiger partial charge in [-0.15, -0.1) is 11.3 Å². The average Bonchev–Trinajstić information content (AvgIpc) is 2.78. The van der Waals surface area contributed by atoms with Crippen molar-refractivity contribution < 1.29 is 9.18 Å². The third kappa shape index (κ3) is 3.14. The van der Waals surface area contributed by atoms with Crippen LogP contribution in [0.1, 0.15) is 20.8 Å². The van der Waals surface area contributed by atoms with Gasteiger partial charge in [-0.2, -0.15) is 0 Å². The minimum absolute atomic E-state index is 0.0942. The zero-order valence-electron chi connectivity index (χ0n) is 10.9. The molecular formula is C14H12Cl2FNOS. The van der Waals surface area contributed by atoms with Crippen LogP contribution < -0.4 is 0 Å². The normalized spacial score (nSPS) is 10.7. The second-order valence-electron chi connectivity index (χ2n) is 4.43. The monoisotopic (exact) mass is 331 g/mol. The molecule has 0 spiro atoms. The van der Waals surface area contributed by atoms with Gasteiger partial charge in [-0.1, -0.05) is 23.2 Å². The van der Waals surface area contributed by atoms with Crippen LogP contribution in [0.15, 0.2) is 23.6 Å². The molecule has 0 atom stereocenters. The molecule has 0 aliphatic carbocycles. The van der Waals surface area contributed by atoms with Gasteiger partial charge in [-0.05, 0) is 36.1 Å². The number of carbonyl (C=O) groups is 1. The van der Waals surface area contributed by atoms with Crippen molar-refractivity contribution in [3.63, 3.8) is 0 Å². The van der Waals surface area contributed by atoms with Gasteiger partial charge < -0.3 is 4.90 Å². The Hall–Kier alpha value is -1.10. The zero-order chi connectivity index (χ0) is 14.9. The van der Waals surface area contributed by atoms with Gasteiger partial charge in [0.05, 0.1) is 22.2 Å². The Morgan fingerprint density at radius 1 is 1.35 bits per heavy atom. The van der Waals surface area contributed by atoms with Crippen LogP contribution in [0.25, 0.3) is 0 Å². The lowest BCUT2D eigenvalue weighted by Crippen LogP contribution is -2.26. The SMILES string of the molecule is Cc1ccsc1CN(C)C(=O)c1cc(F)c(Cl)cc1Cl. The maximum absolute atomic E-state index is 13.5. The van der Waals surface area contributed by atoms with E-state index in [0.29, 0.717) is 6.54 Å². The van der Waals surface area contributed by atoms with Crippen molar-refractivity contribution in [3.05, 3.63) is 55.4 Å². The van der Waals surface area contributed by atoms with Crippen LogP contribution in [0.2, 0.25) is 10.0 Å². The predicted molar refractivity (Wildman–Crippen MR) is 81.3 cm³/mol. The number of rotatable bonds is 3. The van der Waals surface area contributed by atoms with Crippen molar-refractivity contribution in [2.75, 3.05) is 7.05 Å². The second-order valence-corrected chi connectivity index (χ2v) is 6.25. The van der Waals surface area contributed by atoms with E-state index in [2.05, 4.69) is 0 Å². The number of halogens is 3. The lowest BCUT2D eigenvalue weighted by Gasteiger charge is -2.18. The van der Waals surface area contributed by atoms with Gasteiger partial charge in [0.1, 0.15) is 5.82 Å². The van der Waals surface area contributed by atoms with Gasteiger partial charge in [0.25, 0.3) is 5.91 Å². The molecular weight excluding hydrogens is 320 g/mol. The predicted octanol–water partition coefficient (Wildman–Crippen LogP) is 4.77. The van der Waals surface area contributed by atoms with E-state index in [4.69, 9.17) is 23.2 Å². The van der Waals surface area contributed by atoms with E-state index in [0.717, 1.165) is 16.5 Å². The van der Waals surface area contributed by atoms with Crippen LogP contribution in [0.5, 0.6) is 0 Å². The topological polar surface area (TPSA) is 20.3 Å². The first-order chi connectivity index (χ1) is 9.40. The van der Waals surface area contributed by atoms with Crippen molar-refractivity contribution in [2.45, 2.75) is 13.5 Å². The number of thiophene rings is 1. The molecule has 0 unspecified atom stereocenters. The van der Waals surface area contributed by atoms with E-state index in [9.17, 15) is 9.18 Å². The summed E-state index contributed by atoms with van der Waals surface area (Å²) in [5, 5.41) is 2.03. The Kier molecular flexibility index (Phi) is 4.68. The second kappa shape index (κ2) is 6.12. The van der Waals surface area contributed by atoms with Crippen LogP contribution >= 0.6 is 34.5 Å². The maximum atomic E-state index is 13.5. The lowest BCUT2D eigenvalue weighted by atomic mass is 10.2. The maximum Gasteiger partial charge on any atom is 0.255 e. The van der Waals surface area contributed by atoms with Crippen molar-refractivity contribution in [3.8, 4) is 0 Å². The van der Waals surface area contributed by atoms with Crippen molar-refractivity contribution in [2.24, 2.45) is 0 Å². The highest BCUT2D eigenvalue weighted by Crippen LogP contribution is 2.26. The molecule has 0 saturated carbocycles. The van der Waals surface area contributed by atoms with E-state index < -0.39 is 5.82 Å². The van der Waals surface area contributed by atoms with Gasteiger partial charge in [0.2, 0.25) is 0 Å². The quantitative estimate of drug-likeness (QED) is 0.741. The standard InChI is InChI=1S/C14H12Cl2FNOS/c1-8-3-4-20-13(8)7-18(2)14(19)9-5-12(17)11(16)6-10(9)15/h3-6H,7H2,1-2H3. The number of benzene rings is 1. The highest BCUT2D eigenvalue weighted by molar-refractivity contribution is 7.10. The fraction of sp³-hybridized carbons (Fsp3) is 0.214. The molecule has 2 rings (SSSR count). The third-order valence-corrected chi connectivity index (χ3v) is 4.55. The molecule has 6 heteroatoms. The first-order valence-electron chi connectivity index (χ1n) is 5.83. The molecule has 1 amide bonds. The molecule has 0 radical (unpaired) electrons. The smallest absolute Gasteiger partial charge is 0.255 e. The highest BCUT2D eigenvalue weighted by Gasteiger charge is 2.18. The van der Waals surface area contributed by atoms with Crippen molar-refractivity contribution >= 4 is 40.4 Å². The number of nitrogens with zero attached hydrogens (tertiary/aromatic N) is 1. The fourth-order valence-electron chi connectivity index (χ4n) is 1.75. The van der Waals surface area contributed by atoms with Crippen molar-refractivity contribution in [1.29, 1.82) is 0 Å². The Morgan fingerprint density at radius 2 is 2.05 bits per heavy atom. The van der Waals surface area contributed by atoms with E-state index >= 15 is 0 Å². The molecule has 0 aliphatic rings. The Labute approximate surface area is 130 Å². The summed E-state index contributed by atoms with van der Waals surface area (Å²) in [7, 11) is 1.66. The Balaban J connectivity index is 2.23. The molecule has 0 fully saturated rings. The zero-order valence-corrected chi connectivity index (χ0v) is 13.2. The number of amides is 1. The summed E-state index contributed by atoms with van der Waals surface area (Å²) < 4.78 is 13.5. The van der Waals surface area contributed by atoms with Crippen LogP contribution in [0.3, 0.4) is 0 Å². The largest absolute Gasteiger partial charge is 0.337 e. The summed E-state index contributed by atoms with van der Waals surface area (Å²) in [4.78, 5) is 14.9. The summed E-state index contributed by atoms with van der Waals surface area (Å²) in [5.41, 5.74) is 1.24. The molecule has 0 bridgehead atoms. The van der Waals surface area contributed by atoms with E-state index in [-0.39, 0.29) is 21.5 Å². The van der Waals surface area contributed by atoms with Gasteiger partial charge in [-0.3, -0.25) is 4.79 Å². The average molecular weight is 332 g/mol. The van der Waals surface area contributed by atoms with Crippen molar-refractivity contribution in [1.82, 2.24) is 4.90 Å². The van der Waals surface area contributed by atoms with Crippen LogP contribution in [0.4, 0.5) is 4.39 Å². The first kappa shape index (κ1) is 15.3. The fourth-order valence-corrected chi connectivity index (χ4v) is 3.17. The lowest BCUT2D eigenvalue weighted by molar-refractivity contribution is 0.0786. The van der Waals surface area contributed by atoms with E-state index in [1.807, 2.05) is 18.4 Å². The summed E-state index contributed by atoms with van der Waals surface area (Å²) in [6.45, 7) is 2.45. The number of hydrogen-bond acceptors (Lipinski definition) is 2. The van der Waals surface area contributed by atoms with Crippen LogP contribution in [0, 0.1) is 12.7 Å². The van der Waals surface area contributed by atoms with E-state index in [1.54, 1.807) is 18.4 Å². The molecule has 2 aromatic rings. The molecule has 106 valence electrons. The minimum Gasteiger partial charge on any atom is -0.337 e. The summed E-state index contributed by atoms with van der Waals surface area (Å²) in [5.74, 6) is -0.988. The molecule has 0 saturated heterocycles. The van der Waals surface area contributed by atoms with Crippen LogP contribution in [-0.2, 0) is 6.54 Å². The van der Waals surface area contributed by atoms with Gasteiger partial charge in [0.15, 0.2) is 0 Å². The summed E-state index contributed by atoms with van der Waals surface area (Å²) in [6.07, 6.45) is 0. The molecule has 0 aliphatic heterocycles. The van der Waals surface area contributed by atoms with Gasteiger partial charge in [-0.25, -0.2) is 4.39 Å². The third-order valence-electron chi connectivity index (χ3n) is 2.94. The number of hydrogen-bond donors (Lipinski definition) is 0. The Bertz CT molecular complexity index is 657. The van der Waals surface area contributed by atoms with E-state index in [1.165, 1.54) is 11.0 Å². The summed E-state index contributed by atoms with van der Waals surface area (Å²) >= 11 is 13.2. The molecule has 2 nitrogen and oxygen atoms in total. The Morgan fingerprint density at radius 3 is 2.65 bits per heavy atom. The first-order valence-corrected chi connectivity index (χ1v) is 7.46. The summed E-state index contributed by atoms with van der Waals surface area (Å²) in [6, 6.07) is 4.31. The van der Waals surface area contributed by atoms with Crippen LogP contribution in [-0.4, -0.2) is 17.9 Å². The minimum atomic E-state index is -0.653. The highest BCUT2D eigenvalue weighted by atomic mass is 35.5. The number of carbonyl (C=O) groups excluding carboxylic acids is 1. The molecule has 1 heterocycles. The molecule has 0 N–H and O–H groups in total. The number of aryl methyl sites for hydroxylation is 1. The van der Waals surface area contributed by atoms with Gasteiger partial charge in [0, 0.05) is 11.9 Å².